The summed E-state index contributed by atoms with van der Waals surface area (Å²) in [5, 5.41) is 8.57. The number of amides is 2. The third kappa shape index (κ3) is 4.76. The fourth-order valence-corrected chi connectivity index (χ4v) is 3.42. The molecule has 0 aliphatic carbocycles. The quantitative estimate of drug-likeness (QED) is 0.731. The van der Waals surface area contributed by atoms with Gasteiger partial charge in [-0.05, 0) is 52.7 Å². The van der Waals surface area contributed by atoms with E-state index in [4.69, 9.17) is 0 Å². The predicted octanol–water partition coefficient (Wildman–Crippen LogP) is 2.19. The van der Waals surface area contributed by atoms with Crippen molar-refractivity contribution in [2.45, 2.75) is 57.7 Å². The van der Waals surface area contributed by atoms with E-state index in [0.717, 1.165) is 12.8 Å². The molecule has 3 N–H and O–H groups in total. The van der Waals surface area contributed by atoms with Crippen LogP contribution in [0.3, 0.4) is 0 Å². The van der Waals surface area contributed by atoms with E-state index in [2.05, 4.69) is 43.6 Å². The van der Waals surface area contributed by atoms with Crippen LogP contribution in [0.5, 0.6) is 0 Å². The van der Waals surface area contributed by atoms with Gasteiger partial charge in [0.1, 0.15) is 5.82 Å². The molecule has 23 heavy (non-hydrogen) atoms. The summed E-state index contributed by atoms with van der Waals surface area (Å²) in [7, 11) is 0. The largest absolute Gasteiger partial charge is 0.345 e. The second kappa shape index (κ2) is 6.28. The van der Waals surface area contributed by atoms with Crippen molar-refractivity contribution in [3.63, 3.8) is 0 Å². The lowest BCUT2D eigenvalue weighted by Gasteiger charge is -2.46. The molecule has 1 aliphatic rings. The van der Waals surface area contributed by atoms with Crippen molar-refractivity contribution in [2.24, 2.45) is 0 Å². The molecule has 2 rings (SSSR count). The number of hydrogen-bond donors (Lipinski definition) is 3. The van der Waals surface area contributed by atoms with Crippen molar-refractivity contribution in [2.75, 3.05) is 5.32 Å². The number of benzene rings is 1. The number of anilines is 1. The van der Waals surface area contributed by atoms with E-state index < -0.39 is 17.6 Å². The first-order chi connectivity index (χ1) is 10.6. The monoisotopic (exact) mass is 321 g/mol. The number of carbonyl (C=O) groups excluding carboxylic acids is 2. The average Bonchev–Trinajstić information content (AvgIpc) is 2.37. The van der Waals surface area contributed by atoms with Gasteiger partial charge in [-0.25, -0.2) is 4.39 Å². The Labute approximate surface area is 136 Å². The summed E-state index contributed by atoms with van der Waals surface area (Å²) in [5.74, 6) is -2.17. The fourth-order valence-electron chi connectivity index (χ4n) is 3.42. The van der Waals surface area contributed by atoms with Crippen molar-refractivity contribution in [3.8, 4) is 0 Å². The Kier molecular flexibility index (Phi) is 4.75. The average molecular weight is 321 g/mol. The van der Waals surface area contributed by atoms with Crippen molar-refractivity contribution in [3.05, 3.63) is 30.1 Å². The summed E-state index contributed by atoms with van der Waals surface area (Å²) < 4.78 is 13.5. The molecule has 0 radical (unpaired) electrons. The minimum absolute atomic E-state index is 0.00128. The van der Waals surface area contributed by atoms with E-state index in [9.17, 15) is 14.0 Å². The highest BCUT2D eigenvalue weighted by molar-refractivity contribution is 6.39. The van der Waals surface area contributed by atoms with Crippen LogP contribution in [-0.4, -0.2) is 28.9 Å². The Morgan fingerprint density at radius 2 is 1.65 bits per heavy atom. The van der Waals surface area contributed by atoms with Gasteiger partial charge in [-0.2, -0.15) is 0 Å². The summed E-state index contributed by atoms with van der Waals surface area (Å²) in [5.41, 5.74) is -0.276. The van der Waals surface area contributed by atoms with E-state index >= 15 is 0 Å². The van der Waals surface area contributed by atoms with Gasteiger partial charge in [0.2, 0.25) is 0 Å². The first kappa shape index (κ1) is 17.4. The third-order valence-electron chi connectivity index (χ3n) is 3.85. The Balaban J connectivity index is 1.98. The van der Waals surface area contributed by atoms with Gasteiger partial charge in [0.15, 0.2) is 0 Å². The number of carbonyl (C=O) groups is 2. The fraction of sp³-hybridized carbons (Fsp3) is 0.529. The molecule has 0 atom stereocenters. The highest BCUT2D eigenvalue weighted by Gasteiger charge is 2.38. The molecule has 0 aromatic heterocycles. The standard InChI is InChI=1S/C17H24FN3O2/c1-16(2)9-11(10-17(3,4)21-16)19-14(22)15(23)20-13-8-6-5-7-12(13)18/h5-8,11,21H,9-10H2,1-4H3,(H,19,22)(H,20,23). The zero-order chi connectivity index (χ0) is 17.3. The molecule has 1 aromatic rings. The molecule has 0 unspecified atom stereocenters. The van der Waals surface area contributed by atoms with Crippen molar-refractivity contribution in [1.29, 1.82) is 0 Å². The maximum absolute atomic E-state index is 13.5. The summed E-state index contributed by atoms with van der Waals surface area (Å²) >= 11 is 0. The zero-order valence-corrected chi connectivity index (χ0v) is 14.0. The highest BCUT2D eigenvalue weighted by atomic mass is 19.1. The highest BCUT2D eigenvalue weighted by Crippen LogP contribution is 2.28. The van der Waals surface area contributed by atoms with Gasteiger partial charge in [0.25, 0.3) is 0 Å². The van der Waals surface area contributed by atoms with Crippen LogP contribution in [0.15, 0.2) is 24.3 Å². The van der Waals surface area contributed by atoms with E-state index in [0.29, 0.717) is 0 Å². The van der Waals surface area contributed by atoms with Gasteiger partial charge >= 0.3 is 11.8 Å². The van der Waals surface area contributed by atoms with Crippen LogP contribution >= 0.6 is 0 Å². The summed E-state index contributed by atoms with van der Waals surface area (Å²) in [6.45, 7) is 8.25. The normalized spacial score (nSPS) is 19.9. The molecule has 1 heterocycles. The van der Waals surface area contributed by atoms with Crippen LogP contribution in [0.2, 0.25) is 0 Å². The first-order valence-corrected chi connectivity index (χ1v) is 7.74. The molecule has 1 fully saturated rings. The van der Waals surface area contributed by atoms with E-state index in [-0.39, 0.29) is 22.8 Å². The molecule has 0 saturated carbocycles. The molecule has 5 nitrogen and oxygen atoms in total. The number of hydrogen-bond acceptors (Lipinski definition) is 3. The van der Waals surface area contributed by atoms with Gasteiger partial charge < -0.3 is 16.0 Å². The van der Waals surface area contributed by atoms with Crippen LogP contribution in [0.25, 0.3) is 0 Å². The molecule has 2 amide bonds. The molecule has 0 spiro atoms. The lowest BCUT2D eigenvalue weighted by molar-refractivity contribution is -0.137. The van der Waals surface area contributed by atoms with Gasteiger partial charge in [-0.1, -0.05) is 12.1 Å². The Bertz CT molecular complexity index is 598. The molecule has 1 aliphatic heterocycles. The van der Waals surface area contributed by atoms with Crippen molar-refractivity contribution >= 4 is 17.5 Å². The van der Waals surface area contributed by atoms with Gasteiger partial charge in [-0.15, -0.1) is 0 Å². The maximum atomic E-state index is 13.5. The summed E-state index contributed by atoms with van der Waals surface area (Å²) in [4.78, 5) is 24.0. The maximum Gasteiger partial charge on any atom is 0.313 e. The lowest BCUT2D eigenvalue weighted by Crippen LogP contribution is -2.62. The van der Waals surface area contributed by atoms with Crippen LogP contribution in [0.4, 0.5) is 10.1 Å². The molecule has 6 heteroatoms. The number of halogens is 1. The number of nitrogens with one attached hydrogen (secondary N) is 3. The van der Waals surface area contributed by atoms with Gasteiger partial charge in [-0.3, -0.25) is 9.59 Å². The number of para-hydroxylation sites is 1. The zero-order valence-electron chi connectivity index (χ0n) is 14.0. The topological polar surface area (TPSA) is 70.2 Å². The molecular weight excluding hydrogens is 297 g/mol. The minimum Gasteiger partial charge on any atom is -0.345 e. The van der Waals surface area contributed by atoms with Crippen LogP contribution in [-0.2, 0) is 9.59 Å². The van der Waals surface area contributed by atoms with Crippen LogP contribution in [0.1, 0.15) is 40.5 Å². The van der Waals surface area contributed by atoms with E-state index in [1.54, 1.807) is 6.07 Å². The minimum atomic E-state index is -0.857. The van der Waals surface area contributed by atoms with Crippen LogP contribution < -0.4 is 16.0 Å². The van der Waals surface area contributed by atoms with Crippen LogP contribution in [0, 0.1) is 5.82 Å². The summed E-state index contributed by atoms with van der Waals surface area (Å²) in [6.07, 6.45) is 1.43. The Hall–Kier alpha value is -1.95. The Morgan fingerprint density at radius 3 is 2.22 bits per heavy atom. The molecule has 1 saturated heterocycles. The molecule has 1 aromatic carbocycles. The van der Waals surface area contributed by atoms with Crippen molar-refractivity contribution in [1.82, 2.24) is 10.6 Å². The van der Waals surface area contributed by atoms with Gasteiger partial charge in [0, 0.05) is 17.1 Å². The number of piperidine rings is 1. The van der Waals surface area contributed by atoms with E-state index in [1.165, 1.54) is 18.2 Å². The Morgan fingerprint density at radius 1 is 1.09 bits per heavy atom. The van der Waals surface area contributed by atoms with E-state index in [1.807, 2.05) is 0 Å². The SMILES string of the molecule is CC1(C)CC(NC(=O)C(=O)Nc2ccccc2F)CC(C)(C)N1. The van der Waals surface area contributed by atoms with Gasteiger partial charge in [0.05, 0.1) is 5.69 Å². The summed E-state index contributed by atoms with van der Waals surface area (Å²) in [6, 6.07) is 5.64. The first-order valence-electron chi connectivity index (χ1n) is 7.74. The predicted molar refractivity (Wildman–Crippen MR) is 87.5 cm³/mol. The molecule has 0 bridgehead atoms. The molecular formula is C17H24FN3O2. The number of rotatable bonds is 2. The smallest absolute Gasteiger partial charge is 0.313 e. The second-order valence-electron chi connectivity index (χ2n) is 7.41. The molecule has 126 valence electrons. The third-order valence-corrected chi connectivity index (χ3v) is 3.85. The lowest BCUT2D eigenvalue weighted by atomic mass is 9.79. The van der Waals surface area contributed by atoms with Crippen molar-refractivity contribution < 1.29 is 14.0 Å². The second-order valence-corrected chi connectivity index (χ2v) is 7.41.